The highest BCUT2D eigenvalue weighted by molar-refractivity contribution is 6.35. The van der Waals surface area contributed by atoms with Crippen molar-refractivity contribution in [2.75, 3.05) is 18.4 Å². The van der Waals surface area contributed by atoms with E-state index in [-0.39, 0.29) is 17.9 Å². The van der Waals surface area contributed by atoms with Crippen LogP contribution in [-0.4, -0.2) is 29.9 Å². The van der Waals surface area contributed by atoms with Crippen LogP contribution in [0.15, 0.2) is 36.4 Å². The molecule has 4 nitrogen and oxygen atoms in total. The van der Waals surface area contributed by atoms with Crippen LogP contribution in [0.25, 0.3) is 0 Å². The van der Waals surface area contributed by atoms with Crippen LogP contribution < -0.4 is 11.1 Å². The second-order valence-corrected chi connectivity index (χ2v) is 10.8. The molecule has 1 saturated heterocycles. The summed E-state index contributed by atoms with van der Waals surface area (Å²) in [7, 11) is 0. The minimum Gasteiger partial charge on any atom is -0.377 e. The molecule has 1 heterocycles. The van der Waals surface area contributed by atoms with Gasteiger partial charge in [-0.3, -0.25) is 4.79 Å². The van der Waals surface area contributed by atoms with Gasteiger partial charge < -0.3 is 16.0 Å². The molecule has 1 saturated carbocycles. The van der Waals surface area contributed by atoms with Crippen LogP contribution in [0.3, 0.4) is 0 Å². The second-order valence-electron chi connectivity index (χ2n) is 9.50. The average Bonchev–Trinajstić information content (AvgIpc) is 2.80. The van der Waals surface area contributed by atoms with Gasteiger partial charge in [0.05, 0.1) is 16.8 Å². The Morgan fingerprint density at radius 3 is 2.48 bits per heavy atom. The predicted octanol–water partition coefficient (Wildman–Crippen LogP) is 7.04. The maximum Gasteiger partial charge on any atom is 0.220 e. The summed E-state index contributed by atoms with van der Waals surface area (Å²) in [6.07, 6.45) is 6.35. The summed E-state index contributed by atoms with van der Waals surface area (Å²) in [5.41, 5.74) is 8.80. The standard InChI is InChI=1S/C26H32Cl3N3O/c1-16(22-7-6-20(27)15-24(22)29)31-25-14-18(5-8-23(25)28)17-9-11-32(12-10-17)21-4-2-3-19(13-21)26(30)33/h5-8,14-17,19,21,31H,2-4,9-13H2,1H3,(H2,30,33)/t16?,19-,21?/m1/s1. The largest absolute Gasteiger partial charge is 0.377 e. The summed E-state index contributed by atoms with van der Waals surface area (Å²) in [6, 6.07) is 12.4. The summed E-state index contributed by atoms with van der Waals surface area (Å²) >= 11 is 19.0. The van der Waals surface area contributed by atoms with Crippen LogP contribution in [-0.2, 0) is 4.79 Å². The molecule has 1 aliphatic heterocycles. The average molecular weight is 509 g/mol. The van der Waals surface area contributed by atoms with Crippen LogP contribution >= 0.6 is 34.8 Å². The zero-order chi connectivity index (χ0) is 23.5. The van der Waals surface area contributed by atoms with Crippen molar-refractivity contribution in [3.8, 4) is 0 Å². The summed E-state index contributed by atoms with van der Waals surface area (Å²) in [4.78, 5) is 14.2. The first kappa shape index (κ1) is 24.7. The topological polar surface area (TPSA) is 58.4 Å². The highest BCUT2D eigenvalue weighted by Gasteiger charge is 2.32. The first-order chi connectivity index (χ1) is 15.8. The van der Waals surface area contributed by atoms with Crippen LogP contribution in [0, 0.1) is 5.92 Å². The third-order valence-electron chi connectivity index (χ3n) is 7.36. The van der Waals surface area contributed by atoms with Gasteiger partial charge in [-0.05, 0) is 93.4 Å². The molecule has 0 bridgehead atoms. The predicted molar refractivity (Wildman–Crippen MR) is 138 cm³/mol. The molecule has 2 aliphatic rings. The van der Waals surface area contributed by atoms with Gasteiger partial charge in [0.2, 0.25) is 5.91 Å². The molecule has 2 fully saturated rings. The van der Waals surface area contributed by atoms with Crippen LogP contribution in [0.2, 0.25) is 15.1 Å². The van der Waals surface area contributed by atoms with Crippen LogP contribution in [0.4, 0.5) is 5.69 Å². The zero-order valence-corrected chi connectivity index (χ0v) is 21.3. The Bertz CT molecular complexity index is 991. The summed E-state index contributed by atoms with van der Waals surface area (Å²) in [5, 5.41) is 5.50. The third kappa shape index (κ3) is 5.97. The summed E-state index contributed by atoms with van der Waals surface area (Å²) in [5.74, 6) is 0.413. The van der Waals surface area contributed by atoms with E-state index in [1.165, 1.54) is 12.0 Å². The molecule has 3 N–H and O–H groups in total. The molecule has 0 spiro atoms. The van der Waals surface area contributed by atoms with Crippen molar-refractivity contribution in [2.45, 2.75) is 63.5 Å². The number of carbonyl (C=O) groups is 1. The Morgan fingerprint density at radius 2 is 1.79 bits per heavy atom. The number of benzene rings is 2. The lowest BCUT2D eigenvalue weighted by atomic mass is 9.82. The minimum atomic E-state index is -0.134. The van der Waals surface area contributed by atoms with Gasteiger partial charge in [-0.25, -0.2) is 0 Å². The van der Waals surface area contributed by atoms with E-state index in [0.29, 0.717) is 27.0 Å². The van der Waals surface area contributed by atoms with Gasteiger partial charge in [-0.2, -0.15) is 0 Å². The number of piperidine rings is 1. The van der Waals surface area contributed by atoms with E-state index in [4.69, 9.17) is 40.5 Å². The number of nitrogens with zero attached hydrogens (tertiary/aromatic N) is 1. The van der Waals surface area contributed by atoms with Crippen molar-refractivity contribution < 1.29 is 4.79 Å². The van der Waals surface area contributed by atoms with Gasteiger partial charge >= 0.3 is 0 Å². The molecule has 7 heteroatoms. The molecule has 0 aromatic heterocycles. The smallest absolute Gasteiger partial charge is 0.220 e. The Hall–Kier alpha value is -1.46. The van der Waals surface area contributed by atoms with Gasteiger partial charge in [0.1, 0.15) is 0 Å². The molecule has 2 aromatic carbocycles. The van der Waals surface area contributed by atoms with Crippen molar-refractivity contribution in [1.29, 1.82) is 0 Å². The monoisotopic (exact) mass is 507 g/mol. The number of hydrogen-bond donors (Lipinski definition) is 2. The molecule has 2 aromatic rings. The van der Waals surface area contributed by atoms with E-state index in [1.807, 2.05) is 18.2 Å². The zero-order valence-electron chi connectivity index (χ0n) is 19.0. The van der Waals surface area contributed by atoms with Crippen molar-refractivity contribution in [3.05, 3.63) is 62.6 Å². The number of anilines is 1. The lowest BCUT2D eigenvalue weighted by Gasteiger charge is -2.41. The van der Waals surface area contributed by atoms with Crippen LogP contribution in [0.5, 0.6) is 0 Å². The molecule has 4 rings (SSSR count). The Balaban J connectivity index is 1.39. The number of rotatable bonds is 6. The Kier molecular flexibility index (Phi) is 8.11. The van der Waals surface area contributed by atoms with Gasteiger partial charge in [-0.15, -0.1) is 0 Å². The maximum absolute atomic E-state index is 11.7. The molecular weight excluding hydrogens is 477 g/mol. The minimum absolute atomic E-state index is 0.00568. The van der Waals surface area contributed by atoms with Crippen LogP contribution in [0.1, 0.15) is 68.5 Å². The van der Waals surface area contributed by atoms with Gasteiger partial charge in [0, 0.05) is 22.0 Å². The van der Waals surface area contributed by atoms with Gasteiger partial charge in [0.25, 0.3) is 0 Å². The first-order valence-corrected chi connectivity index (χ1v) is 13.0. The third-order valence-corrected chi connectivity index (χ3v) is 8.25. The lowest BCUT2D eigenvalue weighted by Crippen LogP contribution is -2.45. The molecular formula is C26H32Cl3N3O. The SMILES string of the molecule is CC(Nc1cc(C2CCN(C3CCC[C@@H](C(N)=O)C3)CC2)ccc1Cl)c1ccc(Cl)cc1Cl. The molecule has 2 unspecified atom stereocenters. The van der Waals surface area contributed by atoms with E-state index >= 15 is 0 Å². The molecule has 0 radical (unpaired) electrons. The first-order valence-electron chi connectivity index (χ1n) is 11.9. The fourth-order valence-electron chi connectivity index (χ4n) is 5.42. The van der Waals surface area contributed by atoms with Crippen molar-refractivity contribution in [3.63, 3.8) is 0 Å². The van der Waals surface area contributed by atoms with E-state index in [2.05, 4.69) is 29.3 Å². The number of halogens is 3. The summed E-state index contributed by atoms with van der Waals surface area (Å²) < 4.78 is 0. The molecule has 3 atom stereocenters. The fourth-order valence-corrected chi connectivity index (χ4v) is 6.17. The fraction of sp³-hybridized carbons (Fsp3) is 0.500. The number of amides is 1. The number of likely N-dealkylation sites (tertiary alicyclic amines) is 1. The number of hydrogen-bond acceptors (Lipinski definition) is 3. The molecule has 1 amide bonds. The van der Waals surface area contributed by atoms with E-state index in [0.717, 1.165) is 56.4 Å². The maximum atomic E-state index is 11.7. The van der Waals surface area contributed by atoms with Crippen molar-refractivity contribution in [2.24, 2.45) is 11.7 Å². The van der Waals surface area contributed by atoms with Crippen molar-refractivity contribution >= 4 is 46.4 Å². The number of carbonyl (C=O) groups excluding carboxylic acids is 1. The number of nitrogens with two attached hydrogens (primary N) is 1. The number of nitrogens with one attached hydrogen (secondary N) is 1. The Morgan fingerprint density at radius 1 is 1.03 bits per heavy atom. The second kappa shape index (κ2) is 10.9. The molecule has 1 aliphatic carbocycles. The molecule has 33 heavy (non-hydrogen) atoms. The number of primary amides is 1. The van der Waals surface area contributed by atoms with Gasteiger partial charge in [0.15, 0.2) is 0 Å². The van der Waals surface area contributed by atoms with Gasteiger partial charge in [-0.1, -0.05) is 53.4 Å². The lowest BCUT2D eigenvalue weighted by molar-refractivity contribution is -0.123. The highest BCUT2D eigenvalue weighted by Crippen LogP contribution is 2.37. The summed E-state index contributed by atoms with van der Waals surface area (Å²) in [6.45, 7) is 4.19. The van der Waals surface area contributed by atoms with Crippen molar-refractivity contribution in [1.82, 2.24) is 4.90 Å². The quantitative estimate of drug-likeness (QED) is 0.440. The normalized spacial score (nSPS) is 23.3. The van der Waals surface area contributed by atoms with E-state index < -0.39 is 0 Å². The molecule has 178 valence electrons. The Labute approximate surface area is 211 Å². The van der Waals surface area contributed by atoms with E-state index in [1.54, 1.807) is 6.07 Å². The van der Waals surface area contributed by atoms with E-state index in [9.17, 15) is 4.79 Å². The highest BCUT2D eigenvalue weighted by atomic mass is 35.5.